The van der Waals surface area contributed by atoms with E-state index < -0.39 is 12.0 Å². The number of rotatable bonds is 1. The van der Waals surface area contributed by atoms with E-state index >= 15 is 0 Å². The Morgan fingerprint density at radius 2 is 1.87 bits per heavy atom. The van der Waals surface area contributed by atoms with Gasteiger partial charge in [0, 0.05) is 5.92 Å². The third-order valence-electron chi connectivity index (χ3n) is 3.72. The standard InChI is InChI=1S/C13H18F2/c1-9-7-8-11(13(15)12(9)14)10-5-3-2-4-6-10/h7-8,10-11,13H,2-6H2,1H3. The first-order valence-corrected chi connectivity index (χ1v) is 5.88. The molecule has 0 saturated heterocycles. The van der Waals surface area contributed by atoms with Crippen molar-refractivity contribution >= 4 is 0 Å². The van der Waals surface area contributed by atoms with Crippen LogP contribution >= 0.6 is 0 Å². The molecule has 2 aliphatic carbocycles. The Morgan fingerprint density at radius 1 is 1.20 bits per heavy atom. The molecule has 0 aliphatic heterocycles. The molecular weight excluding hydrogens is 194 g/mol. The SMILES string of the molecule is CC1=C(F)C(F)C(C2CCCCC2)C=C1. The molecule has 0 heterocycles. The Labute approximate surface area is 90.1 Å². The maximum Gasteiger partial charge on any atom is 0.158 e. The molecule has 2 unspecified atom stereocenters. The summed E-state index contributed by atoms with van der Waals surface area (Å²) in [5, 5.41) is 0. The molecule has 2 rings (SSSR count). The van der Waals surface area contributed by atoms with Crippen LogP contribution < -0.4 is 0 Å². The van der Waals surface area contributed by atoms with Crippen LogP contribution in [-0.4, -0.2) is 6.17 Å². The lowest BCUT2D eigenvalue weighted by atomic mass is 9.75. The minimum absolute atomic E-state index is 0.214. The van der Waals surface area contributed by atoms with Gasteiger partial charge < -0.3 is 0 Å². The van der Waals surface area contributed by atoms with Gasteiger partial charge in [0.2, 0.25) is 0 Å². The highest BCUT2D eigenvalue weighted by Gasteiger charge is 2.33. The van der Waals surface area contributed by atoms with E-state index in [2.05, 4.69) is 0 Å². The molecule has 0 N–H and O–H groups in total. The van der Waals surface area contributed by atoms with Gasteiger partial charge in [-0.05, 0) is 31.3 Å². The molecule has 2 heteroatoms. The monoisotopic (exact) mass is 212 g/mol. The molecule has 2 atom stereocenters. The zero-order valence-corrected chi connectivity index (χ0v) is 9.18. The summed E-state index contributed by atoms with van der Waals surface area (Å²) in [7, 11) is 0. The van der Waals surface area contributed by atoms with Crippen LogP contribution in [0.1, 0.15) is 39.0 Å². The van der Waals surface area contributed by atoms with Gasteiger partial charge in [0.05, 0.1) is 0 Å². The summed E-state index contributed by atoms with van der Waals surface area (Å²) in [6.07, 6.45) is 7.94. The lowest BCUT2D eigenvalue weighted by Gasteiger charge is -2.31. The molecule has 1 saturated carbocycles. The average Bonchev–Trinajstić information content (AvgIpc) is 2.27. The molecule has 0 nitrogen and oxygen atoms in total. The smallest absolute Gasteiger partial charge is 0.158 e. The molecule has 1 fully saturated rings. The first-order chi connectivity index (χ1) is 7.20. The molecule has 0 aromatic heterocycles. The number of alkyl halides is 1. The van der Waals surface area contributed by atoms with Crippen LogP contribution in [-0.2, 0) is 0 Å². The van der Waals surface area contributed by atoms with Crippen molar-refractivity contribution in [3.63, 3.8) is 0 Å². The van der Waals surface area contributed by atoms with Gasteiger partial charge in [-0.2, -0.15) is 0 Å². The van der Waals surface area contributed by atoms with Gasteiger partial charge in [-0.3, -0.25) is 0 Å². The van der Waals surface area contributed by atoms with E-state index in [0.29, 0.717) is 11.5 Å². The minimum atomic E-state index is -1.39. The van der Waals surface area contributed by atoms with E-state index in [4.69, 9.17) is 0 Å². The van der Waals surface area contributed by atoms with E-state index in [1.807, 2.05) is 6.08 Å². The number of allylic oxidation sites excluding steroid dienone is 4. The van der Waals surface area contributed by atoms with Crippen LogP contribution in [0.4, 0.5) is 8.78 Å². The second kappa shape index (κ2) is 4.46. The largest absolute Gasteiger partial charge is 0.239 e. The molecule has 0 amide bonds. The van der Waals surface area contributed by atoms with Crippen molar-refractivity contribution in [2.45, 2.75) is 45.2 Å². The summed E-state index contributed by atoms with van der Waals surface area (Å²) in [6, 6.07) is 0. The predicted molar refractivity (Wildman–Crippen MR) is 57.9 cm³/mol. The topological polar surface area (TPSA) is 0 Å². The Balaban J connectivity index is 2.08. The van der Waals surface area contributed by atoms with Gasteiger partial charge in [0.1, 0.15) is 5.83 Å². The normalized spacial score (nSPS) is 33.5. The summed E-state index contributed by atoms with van der Waals surface area (Å²) < 4.78 is 27.2. The lowest BCUT2D eigenvalue weighted by Crippen LogP contribution is -2.27. The highest BCUT2D eigenvalue weighted by molar-refractivity contribution is 5.29. The van der Waals surface area contributed by atoms with Crippen molar-refractivity contribution in [2.24, 2.45) is 11.8 Å². The van der Waals surface area contributed by atoms with Gasteiger partial charge in [0.15, 0.2) is 6.17 Å². The highest BCUT2D eigenvalue weighted by atomic mass is 19.2. The third kappa shape index (κ3) is 2.14. The fourth-order valence-corrected chi connectivity index (χ4v) is 2.73. The van der Waals surface area contributed by atoms with Crippen molar-refractivity contribution in [1.29, 1.82) is 0 Å². The van der Waals surface area contributed by atoms with Gasteiger partial charge in [-0.15, -0.1) is 0 Å². The van der Waals surface area contributed by atoms with Crippen LogP contribution in [0.2, 0.25) is 0 Å². The van der Waals surface area contributed by atoms with Gasteiger partial charge in [-0.1, -0.05) is 31.4 Å². The molecule has 0 aromatic rings. The van der Waals surface area contributed by atoms with Crippen molar-refractivity contribution in [1.82, 2.24) is 0 Å². The molecule has 0 aromatic carbocycles. The molecule has 0 spiro atoms. The fraction of sp³-hybridized carbons (Fsp3) is 0.692. The molecule has 15 heavy (non-hydrogen) atoms. The Bertz CT molecular complexity index is 285. The second-order valence-electron chi connectivity index (χ2n) is 4.77. The lowest BCUT2D eigenvalue weighted by molar-refractivity contribution is 0.171. The molecule has 0 radical (unpaired) electrons. The van der Waals surface area contributed by atoms with E-state index in [1.54, 1.807) is 13.0 Å². The van der Waals surface area contributed by atoms with E-state index in [9.17, 15) is 8.78 Å². The predicted octanol–water partition coefficient (Wildman–Crippen LogP) is 4.33. The Hall–Kier alpha value is -0.660. The van der Waals surface area contributed by atoms with Crippen LogP contribution in [0.3, 0.4) is 0 Å². The number of hydrogen-bond donors (Lipinski definition) is 0. The maximum atomic E-state index is 13.8. The molecular formula is C13H18F2. The third-order valence-corrected chi connectivity index (χ3v) is 3.72. The number of halogens is 2. The zero-order valence-electron chi connectivity index (χ0n) is 9.18. The second-order valence-corrected chi connectivity index (χ2v) is 4.77. The van der Waals surface area contributed by atoms with E-state index in [1.165, 1.54) is 19.3 Å². The van der Waals surface area contributed by atoms with Gasteiger partial charge in [-0.25, -0.2) is 8.78 Å². The Morgan fingerprint density at radius 3 is 2.53 bits per heavy atom. The van der Waals surface area contributed by atoms with Crippen molar-refractivity contribution in [2.75, 3.05) is 0 Å². The van der Waals surface area contributed by atoms with Crippen molar-refractivity contribution in [3.05, 3.63) is 23.6 Å². The summed E-state index contributed by atoms with van der Waals surface area (Å²) in [4.78, 5) is 0. The summed E-state index contributed by atoms with van der Waals surface area (Å²) >= 11 is 0. The van der Waals surface area contributed by atoms with Crippen LogP contribution in [0.25, 0.3) is 0 Å². The zero-order chi connectivity index (χ0) is 10.8. The Kier molecular flexibility index (Phi) is 3.22. The highest BCUT2D eigenvalue weighted by Crippen LogP contribution is 2.38. The summed E-state index contributed by atoms with van der Waals surface area (Å²) in [6.45, 7) is 1.63. The first kappa shape index (κ1) is 10.8. The van der Waals surface area contributed by atoms with Crippen LogP contribution in [0.15, 0.2) is 23.6 Å². The quantitative estimate of drug-likeness (QED) is 0.606. The molecule has 84 valence electrons. The van der Waals surface area contributed by atoms with Crippen LogP contribution in [0, 0.1) is 11.8 Å². The van der Waals surface area contributed by atoms with E-state index in [-0.39, 0.29) is 5.92 Å². The molecule has 2 aliphatic rings. The summed E-state index contributed by atoms with van der Waals surface area (Å²) in [5.74, 6) is -0.411. The average molecular weight is 212 g/mol. The minimum Gasteiger partial charge on any atom is -0.239 e. The van der Waals surface area contributed by atoms with Crippen molar-refractivity contribution in [3.8, 4) is 0 Å². The summed E-state index contributed by atoms with van der Waals surface area (Å²) in [5.41, 5.74) is 0.453. The maximum absolute atomic E-state index is 13.8. The fourth-order valence-electron chi connectivity index (χ4n) is 2.73. The number of hydrogen-bond acceptors (Lipinski definition) is 0. The van der Waals surface area contributed by atoms with Gasteiger partial charge >= 0.3 is 0 Å². The first-order valence-electron chi connectivity index (χ1n) is 5.88. The van der Waals surface area contributed by atoms with Crippen LogP contribution in [0.5, 0.6) is 0 Å². The molecule has 0 bridgehead atoms. The van der Waals surface area contributed by atoms with Crippen molar-refractivity contribution < 1.29 is 8.78 Å². The van der Waals surface area contributed by atoms with Gasteiger partial charge in [0.25, 0.3) is 0 Å². The van der Waals surface area contributed by atoms with E-state index in [0.717, 1.165) is 12.8 Å².